The molecule has 26 heavy (non-hydrogen) atoms. The summed E-state index contributed by atoms with van der Waals surface area (Å²) in [6.07, 6.45) is 0. The molecule has 2 aromatic rings. The molecular weight excluding hydrogens is 342 g/mol. The molecule has 2 amide bonds. The van der Waals surface area contributed by atoms with Crippen LogP contribution in [0.5, 0.6) is 5.75 Å². The molecule has 0 heterocycles. The molecular formula is C19H20F2N2O3. The van der Waals surface area contributed by atoms with Gasteiger partial charge in [0.1, 0.15) is 11.8 Å². The van der Waals surface area contributed by atoms with Crippen LogP contribution in [0.2, 0.25) is 0 Å². The van der Waals surface area contributed by atoms with E-state index in [0.717, 1.165) is 0 Å². The number of hydrogen-bond donors (Lipinski definition) is 2. The maximum Gasteiger partial charge on any atom is 0.387 e. The first-order valence-electron chi connectivity index (χ1n) is 8.08. The highest BCUT2D eigenvalue weighted by Gasteiger charge is 2.24. The van der Waals surface area contributed by atoms with Gasteiger partial charge < -0.3 is 15.4 Å². The number of carbonyl (C=O) groups excluding carboxylic acids is 2. The molecule has 5 nitrogen and oxygen atoms in total. The van der Waals surface area contributed by atoms with Gasteiger partial charge in [-0.1, -0.05) is 32.0 Å². The Hall–Kier alpha value is -2.96. The van der Waals surface area contributed by atoms with Gasteiger partial charge in [-0.05, 0) is 42.3 Å². The summed E-state index contributed by atoms with van der Waals surface area (Å²) in [6.45, 7) is 0.721. The Morgan fingerprint density at radius 3 is 2.12 bits per heavy atom. The Bertz CT molecular complexity index is 734. The van der Waals surface area contributed by atoms with Crippen LogP contribution >= 0.6 is 0 Å². The molecule has 0 aromatic heterocycles. The molecule has 0 aliphatic rings. The Morgan fingerprint density at radius 1 is 0.962 bits per heavy atom. The number of benzene rings is 2. The molecule has 0 saturated carbocycles. The normalized spacial score (nSPS) is 11.9. The lowest BCUT2D eigenvalue weighted by Gasteiger charge is -2.22. The number of carbonyl (C=O) groups is 2. The third-order valence-corrected chi connectivity index (χ3v) is 3.62. The van der Waals surface area contributed by atoms with Gasteiger partial charge in [0.25, 0.3) is 5.91 Å². The molecule has 0 saturated heterocycles. The van der Waals surface area contributed by atoms with Gasteiger partial charge in [0, 0.05) is 11.3 Å². The lowest BCUT2D eigenvalue weighted by atomic mass is 10.0. The Kier molecular flexibility index (Phi) is 6.66. The van der Waals surface area contributed by atoms with E-state index in [1.807, 2.05) is 13.8 Å². The highest BCUT2D eigenvalue weighted by molar-refractivity contribution is 6.01. The van der Waals surface area contributed by atoms with Crippen molar-refractivity contribution in [3.63, 3.8) is 0 Å². The first-order chi connectivity index (χ1) is 12.4. The molecule has 2 aromatic carbocycles. The average Bonchev–Trinajstić information content (AvgIpc) is 2.61. The van der Waals surface area contributed by atoms with E-state index in [2.05, 4.69) is 15.4 Å². The molecule has 0 aliphatic heterocycles. The first-order valence-corrected chi connectivity index (χ1v) is 8.08. The lowest BCUT2D eigenvalue weighted by Crippen LogP contribution is -2.47. The second-order valence-corrected chi connectivity index (χ2v) is 5.95. The first kappa shape index (κ1) is 19.4. The van der Waals surface area contributed by atoms with Crippen LogP contribution in [0, 0.1) is 5.92 Å². The zero-order valence-electron chi connectivity index (χ0n) is 14.4. The number of amides is 2. The lowest BCUT2D eigenvalue weighted by molar-refractivity contribution is -0.118. The van der Waals surface area contributed by atoms with Gasteiger partial charge in [-0.3, -0.25) is 9.59 Å². The zero-order valence-corrected chi connectivity index (χ0v) is 14.4. The molecule has 2 rings (SSSR count). The second-order valence-electron chi connectivity index (χ2n) is 5.95. The Labute approximate surface area is 150 Å². The van der Waals surface area contributed by atoms with E-state index in [4.69, 9.17) is 0 Å². The molecule has 2 N–H and O–H groups in total. The number of halogens is 2. The van der Waals surface area contributed by atoms with Crippen LogP contribution in [-0.4, -0.2) is 24.5 Å². The third kappa shape index (κ3) is 5.54. The van der Waals surface area contributed by atoms with Crippen molar-refractivity contribution in [2.75, 3.05) is 5.32 Å². The maximum absolute atomic E-state index is 12.5. The van der Waals surface area contributed by atoms with Gasteiger partial charge in [-0.25, -0.2) is 0 Å². The van der Waals surface area contributed by atoms with Crippen molar-refractivity contribution < 1.29 is 23.1 Å². The molecule has 0 bridgehead atoms. The van der Waals surface area contributed by atoms with E-state index in [1.165, 1.54) is 24.3 Å². The summed E-state index contributed by atoms with van der Waals surface area (Å²) in [5, 5.41) is 5.38. The smallest absolute Gasteiger partial charge is 0.387 e. The van der Waals surface area contributed by atoms with E-state index < -0.39 is 18.6 Å². The summed E-state index contributed by atoms with van der Waals surface area (Å²) < 4.78 is 28.6. The molecule has 0 radical (unpaired) electrons. The monoisotopic (exact) mass is 362 g/mol. The largest absolute Gasteiger partial charge is 0.435 e. The zero-order chi connectivity index (χ0) is 19.1. The van der Waals surface area contributed by atoms with Gasteiger partial charge in [0.15, 0.2) is 0 Å². The van der Waals surface area contributed by atoms with Gasteiger partial charge in [0.05, 0.1) is 0 Å². The third-order valence-electron chi connectivity index (χ3n) is 3.62. The predicted molar refractivity (Wildman–Crippen MR) is 94.2 cm³/mol. The Balaban J connectivity index is 2.03. The van der Waals surface area contributed by atoms with Crippen LogP contribution in [0.1, 0.15) is 24.2 Å². The van der Waals surface area contributed by atoms with Crippen molar-refractivity contribution in [3.05, 3.63) is 60.2 Å². The number of rotatable bonds is 7. The van der Waals surface area contributed by atoms with Crippen molar-refractivity contribution in [3.8, 4) is 5.75 Å². The summed E-state index contributed by atoms with van der Waals surface area (Å²) in [5.74, 6) is -0.896. The fraction of sp³-hybridized carbons (Fsp3) is 0.263. The van der Waals surface area contributed by atoms with E-state index in [0.29, 0.717) is 11.3 Å². The fourth-order valence-corrected chi connectivity index (χ4v) is 2.29. The topological polar surface area (TPSA) is 67.4 Å². The summed E-state index contributed by atoms with van der Waals surface area (Å²) in [6, 6.07) is 13.4. The molecule has 0 unspecified atom stereocenters. The number of alkyl halides is 2. The quantitative estimate of drug-likeness (QED) is 0.790. The predicted octanol–water partition coefficient (Wildman–Crippen LogP) is 3.68. The minimum Gasteiger partial charge on any atom is -0.435 e. The van der Waals surface area contributed by atoms with Gasteiger partial charge in [0.2, 0.25) is 5.91 Å². The molecule has 0 aliphatic carbocycles. The van der Waals surface area contributed by atoms with Crippen molar-refractivity contribution in [1.82, 2.24) is 5.32 Å². The minimum atomic E-state index is -2.91. The van der Waals surface area contributed by atoms with E-state index >= 15 is 0 Å². The number of hydrogen-bond acceptors (Lipinski definition) is 3. The van der Waals surface area contributed by atoms with Crippen molar-refractivity contribution in [2.45, 2.75) is 26.5 Å². The van der Waals surface area contributed by atoms with Gasteiger partial charge in [-0.2, -0.15) is 8.78 Å². The number of anilines is 1. The summed E-state index contributed by atoms with van der Waals surface area (Å²) in [7, 11) is 0. The van der Waals surface area contributed by atoms with Crippen LogP contribution in [0.3, 0.4) is 0 Å². The second kappa shape index (κ2) is 8.94. The molecule has 1 atom stereocenters. The fourth-order valence-electron chi connectivity index (χ4n) is 2.29. The summed E-state index contributed by atoms with van der Waals surface area (Å²) >= 11 is 0. The van der Waals surface area contributed by atoms with Crippen molar-refractivity contribution >= 4 is 17.5 Å². The summed E-state index contributed by atoms with van der Waals surface area (Å²) in [5.41, 5.74) is 0.871. The molecule has 138 valence electrons. The number of nitrogens with one attached hydrogen (secondary N) is 2. The van der Waals surface area contributed by atoms with Crippen LogP contribution in [0.4, 0.5) is 14.5 Å². The van der Waals surface area contributed by atoms with Crippen LogP contribution in [0.15, 0.2) is 54.6 Å². The summed E-state index contributed by atoms with van der Waals surface area (Å²) in [4.78, 5) is 24.8. The Morgan fingerprint density at radius 2 is 1.58 bits per heavy atom. The molecule has 0 fully saturated rings. The van der Waals surface area contributed by atoms with E-state index in [9.17, 15) is 18.4 Å². The van der Waals surface area contributed by atoms with E-state index in [-0.39, 0.29) is 17.6 Å². The van der Waals surface area contributed by atoms with Crippen molar-refractivity contribution in [1.29, 1.82) is 0 Å². The number of ether oxygens (including phenoxy) is 1. The highest BCUT2D eigenvalue weighted by atomic mass is 19.3. The van der Waals surface area contributed by atoms with Crippen LogP contribution < -0.4 is 15.4 Å². The molecule has 0 spiro atoms. The van der Waals surface area contributed by atoms with Crippen LogP contribution in [-0.2, 0) is 4.79 Å². The van der Waals surface area contributed by atoms with Gasteiger partial charge >= 0.3 is 6.61 Å². The molecule has 7 heteroatoms. The maximum atomic E-state index is 12.5. The van der Waals surface area contributed by atoms with Crippen LogP contribution in [0.25, 0.3) is 0 Å². The minimum absolute atomic E-state index is 0.00390. The van der Waals surface area contributed by atoms with E-state index in [1.54, 1.807) is 30.3 Å². The average molecular weight is 362 g/mol. The standard InChI is InChI=1S/C19H20F2N2O3/c1-12(2)16(23-17(24)13-6-4-3-5-7-13)18(25)22-14-8-10-15(11-9-14)26-19(20)21/h3-12,16,19H,1-2H3,(H,22,25)(H,23,24)/t16-/m1/s1. The highest BCUT2D eigenvalue weighted by Crippen LogP contribution is 2.18. The van der Waals surface area contributed by atoms with Gasteiger partial charge in [-0.15, -0.1) is 0 Å². The van der Waals surface area contributed by atoms with Crippen molar-refractivity contribution in [2.24, 2.45) is 5.92 Å². The SMILES string of the molecule is CC(C)[C@@H](NC(=O)c1ccccc1)C(=O)Nc1ccc(OC(F)F)cc1.